The maximum atomic E-state index is 13.2. The Morgan fingerprint density at radius 3 is 2.40 bits per heavy atom. The van der Waals surface area contributed by atoms with Crippen LogP contribution in [0, 0.1) is 0 Å². The molecule has 1 saturated heterocycles. The molecule has 3 aromatic rings. The lowest BCUT2D eigenvalue weighted by Crippen LogP contribution is -2.34. The van der Waals surface area contributed by atoms with Gasteiger partial charge in [0, 0.05) is 13.1 Å². The lowest BCUT2D eigenvalue weighted by atomic mass is 10.2. The normalized spacial score (nSPS) is 14.0. The van der Waals surface area contributed by atoms with Gasteiger partial charge in [0.15, 0.2) is 11.2 Å². The van der Waals surface area contributed by atoms with E-state index in [1.807, 2.05) is 6.92 Å². The largest absolute Gasteiger partial charge is 0.492 e. The number of para-hydroxylation sites is 2. The summed E-state index contributed by atoms with van der Waals surface area (Å²) >= 11 is 0. The van der Waals surface area contributed by atoms with E-state index in [9.17, 15) is 24.0 Å². The number of aryl methyl sites for hydroxylation is 2. The van der Waals surface area contributed by atoms with Crippen LogP contribution in [-0.2, 0) is 29.2 Å². The van der Waals surface area contributed by atoms with Crippen molar-refractivity contribution in [1.29, 1.82) is 0 Å². The lowest BCUT2D eigenvalue weighted by molar-refractivity contribution is -0.139. The number of nitrogens with one attached hydrogen (secondary N) is 1. The molecule has 1 fully saturated rings. The summed E-state index contributed by atoms with van der Waals surface area (Å²) in [6.45, 7) is 6.11. The first-order chi connectivity index (χ1) is 16.8. The van der Waals surface area contributed by atoms with Gasteiger partial charge in [-0.15, -0.1) is 0 Å². The zero-order valence-corrected chi connectivity index (χ0v) is 19.7. The smallest absolute Gasteiger partial charge is 0.339 e. The number of unbranched alkanes of at least 4 members (excludes halogenated alkanes) is 1. The third kappa shape index (κ3) is 4.00. The van der Waals surface area contributed by atoms with E-state index in [0.29, 0.717) is 31.9 Å². The molecule has 0 radical (unpaired) electrons. The fourth-order valence-electron chi connectivity index (χ4n) is 4.12. The van der Waals surface area contributed by atoms with Gasteiger partial charge in [-0.05, 0) is 32.4 Å². The van der Waals surface area contributed by atoms with Crippen molar-refractivity contribution in [2.24, 2.45) is 0 Å². The maximum Gasteiger partial charge on any atom is 0.339 e. The van der Waals surface area contributed by atoms with E-state index in [4.69, 9.17) is 4.74 Å². The van der Waals surface area contributed by atoms with E-state index < -0.39 is 29.1 Å². The Labute approximate surface area is 199 Å². The molecule has 0 spiro atoms. The number of nitrogens with zero attached hydrogens (tertiary/aromatic N) is 5. The van der Waals surface area contributed by atoms with Crippen molar-refractivity contribution in [2.45, 2.75) is 53.2 Å². The monoisotopic (exact) mass is 482 g/mol. The summed E-state index contributed by atoms with van der Waals surface area (Å²) in [6.07, 6.45) is 1.52. The molecule has 4 amide bonds. The van der Waals surface area contributed by atoms with Crippen molar-refractivity contribution < 1.29 is 19.1 Å². The van der Waals surface area contributed by atoms with Crippen LogP contribution in [0.5, 0.6) is 5.75 Å². The topological polar surface area (TPSA) is 140 Å². The van der Waals surface area contributed by atoms with E-state index in [2.05, 4.69) is 9.97 Å². The number of aromatic amines is 1. The van der Waals surface area contributed by atoms with Crippen molar-refractivity contribution in [3.63, 3.8) is 0 Å². The molecule has 0 unspecified atom stereocenters. The fraction of sp³-hybridized carbons (Fsp3) is 0.391. The minimum absolute atomic E-state index is 0.161. The number of hydrogen-bond acceptors (Lipinski definition) is 7. The van der Waals surface area contributed by atoms with Crippen molar-refractivity contribution in [3.8, 4) is 5.75 Å². The first-order valence-corrected chi connectivity index (χ1v) is 11.5. The molecule has 0 atom stereocenters. The molecule has 0 bridgehead atoms. The zero-order chi connectivity index (χ0) is 25.3. The van der Waals surface area contributed by atoms with E-state index in [1.165, 1.54) is 15.2 Å². The number of benzene rings is 1. The number of H-pyrrole nitrogens is 1. The summed E-state index contributed by atoms with van der Waals surface area (Å²) in [7, 11) is 0. The number of imide groups is 2. The zero-order valence-electron chi connectivity index (χ0n) is 19.7. The number of anilines is 1. The Bertz CT molecular complexity index is 1430. The standard InChI is InChI=1S/C23H26N6O6/c1-4-7-12-27-18-17(19(30)25-22(27)33)26(5-2)16(24-18)13-28-20(31)21(32)29(23(28)34)14-10-8-9-11-15(14)35-6-3/h8-11H,4-7,12-13H2,1-3H3,(H,25,30,33). The van der Waals surface area contributed by atoms with Gasteiger partial charge in [0.2, 0.25) is 0 Å². The molecule has 12 heteroatoms. The van der Waals surface area contributed by atoms with Crippen LogP contribution in [0.1, 0.15) is 39.4 Å². The highest BCUT2D eigenvalue weighted by molar-refractivity contribution is 6.52. The molecule has 184 valence electrons. The summed E-state index contributed by atoms with van der Waals surface area (Å²) in [5.41, 5.74) is -0.685. The Kier molecular flexibility index (Phi) is 6.54. The fourth-order valence-corrected chi connectivity index (χ4v) is 4.12. The molecule has 3 heterocycles. The molecule has 35 heavy (non-hydrogen) atoms. The number of carbonyl (C=O) groups excluding carboxylic acids is 3. The number of carbonyl (C=O) groups is 3. The third-order valence-corrected chi connectivity index (χ3v) is 5.78. The quantitative estimate of drug-likeness (QED) is 0.361. The minimum Gasteiger partial charge on any atom is -0.492 e. The molecule has 0 aliphatic carbocycles. The second-order valence-electron chi connectivity index (χ2n) is 7.92. The molecule has 1 aliphatic rings. The SMILES string of the molecule is CCCCn1c(=O)[nH]c(=O)c2c1nc(CN1C(=O)C(=O)N(c3ccccc3OCC)C1=O)n2CC. The number of urea groups is 1. The first-order valence-electron chi connectivity index (χ1n) is 11.5. The average molecular weight is 482 g/mol. The molecule has 1 aliphatic heterocycles. The van der Waals surface area contributed by atoms with Gasteiger partial charge in [-0.3, -0.25) is 23.9 Å². The van der Waals surface area contributed by atoms with Gasteiger partial charge in [-0.2, -0.15) is 0 Å². The summed E-state index contributed by atoms with van der Waals surface area (Å²) in [6, 6.07) is 5.59. The van der Waals surface area contributed by atoms with E-state index >= 15 is 0 Å². The number of ether oxygens (including phenoxy) is 1. The van der Waals surface area contributed by atoms with Gasteiger partial charge in [0.1, 0.15) is 11.6 Å². The van der Waals surface area contributed by atoms with Gasteiger partial charge in [0.05, 0.1) is 18.8 Å². The second kappa shape index (κ2) is 9.57. The molecule has 1 N–H and O–H groups in total. The van der Waals surface area contributed by atoms with Crippen LogP contribution in [0.2, 0.25) is 0 Å². The Morgan fingerprint density at radius 2 is 1.71 bits per heavy atom. The first kappa shape index (κ1) is 23.9. The van der Waals surface area contributed by atoms with Crippen LogP contribution < -0.4 is 20.9 Å². The number of fused-ring (bicyclic) bond motifs is 1. The van der Waals surface area contributed by atoms with E-state index in [0.717, 1.165) is 16.2 Å². The van der Waals surface area contributed by atoms with Crippen LogP contribution in [0.25, 0.3) is 11.2 Å². The number of amides is 4. The summed E-state index contributed by atoms with van der Waals surface area (Å²) in [5, 5.41) is 0. The Hall–Kier alpha value is -4.22. The van der Waals surface area contributed by atoms with Gasteiger partial charge in [-0.1, -0.05) is 25.5 Å². The van der Waals surface area contributed by atoms with E-state index in [-0.39, 0.29) is 29.2 Å². The van der Waals surface area contributed by atoms with Gasteiger partial charge >= 0.3 is 23.5 Å². The van der Waals surface area contributed by atoms with Gasteiger partial charge in [0.25, 0.3) is 5.56 Å². The van der Waals surface area contributed by atoms with Crippen LogP contribution in [0.3, 0.4) is 0 Å². The second-order valence-corrected chi connectivity index (χ2v) is 7.92. The molecule has 0 saturated carbocycles. The van der Waals surface area contributed by atoms with Crippen LogP contribution in [0.15, 0.2) is 33.9 Å². The maximum absolute atomic E-state index is 13.2. The highest BCUT2D eigenvalue weighted by Crippen LogP contribution is 2.32. The summed E-state index contributed by atoms with van der Waals surface area (Å²) in [4.78, 5) is 72.2. The van der Waals surface area contributed by atoms with Crippen LogP contribution in [-0.4, -0.2) is 48.5 Å². The predicted molar refractivity (Wildman–Crippen MR) is 126 cm³/mol. The van der Waals surface area contributed by atoms with Crippen molar-refractivity contribution >= 4 is 34.7 Å². The number of aromatic nitrogens is 4. The van der Waals surface area contributed by atoms with Gasteiger partial charge in [-0.25, -0.2) is 24.4 Å². The predicted octanol–water partition coefficient (Wildman–Crippen LogP) is 1.60. The Balaban J connectivity index is 1.76. The summed E-state index contributed by atoms with van der Waals surface area (Å²) in [5.74, 6) is -1.54. The highest BCUT2D eigenvalue weighted by atomic mass is 16.5. The number of hydrogen-bond donors (Lipinski definition) is 1. The number of imidazole rings is 1. The highest BCUT2D eigenvalue weighted by Gasteiger charge is 2.47. The lowest BCUT2D eigenvalue weighted by Gasteiger charge is -2.18. The molecule has 12 nitrogen and oxygen atoms in total. The number of rotatable bonds is 9. The van der Waals surface area contributed by atoms with Crippen LogP contribution in [0.4, 0.5) is 10.5 Å². The Morgan fingerprint density at radius 1 is 0.971 bits per heavy atom. The van der Waals surface area contributed by atoms with Crippen molar-refractivity contribution in [3.05, 3.63) is 50.9 Å². The van der Waals surface area contributed by atoms with Crippen molar-refractivity contribution in [1.82, 2.24) is 24.0 Å². The van der Waals surface area contributed by atoms with E-state index in [1.54, 1.807) is 32.0 Å². The molecule has 2 aromatic heterocycles. The van der Waals surface area contributed by atoms with Gasteiger partial charge < -0.3 is 9.30 Å². The molecule has 4 rings (SSSR count). The average Bonchev–Trinajstić information content (AvgIpc) is 3.30. The molecular formula is C23H26N6O6. The van der Waals surface area contributed by atoms with Crippen molar-refractivity contribution in [2.75, 3.05) is 11.5 Å². The molecule has 1 aromatic carbocycles. The summed E-state index contributed by atoms with van der Waals surface area (Å²) < 4.78 is 8.43. The van der Waals surface area contributed by atoms with Crippen LogP contribution >= 0.6 is 0 Å². The molecular weight excluding hydrogens is 456 g/mol. The minimum atomic E-state index is -1.02. The third-order valence-electron chi connectivity index (χ3n) is 5.78.